The Morgan fingerprint density at radius 2 is 2.03 bits per heavy atom. The van der Waals surface area contributed by atoms with E-state index >= 15 is 0 Å². The molecule has 3 aliphatic rings. The van der Waals surface area contributed by atoms with Crippen LogP contribution in [0.25, 0.3) is 0 Å². The fraction of sp³-hybridized carbons (Fsp3) is 0.519. The van der Waals surface area contributed by atoms with Gasteiger partial charge in [-0.1, -0.05) is 30.3 Å². The molecular weight excluding hydrogens is 414 g/mol. The van der Waals surface area contributed by atoms with E-state index in [0.29, 0.717) is 17.7 Å². The molecule has 176 valence electrons. The lowest BCUT2D eigenvalue weighted by atomic mass is 9.76. The van der Waals surface area contributed by atoms with Crippen molar-refractivity contribution in [2.45, 2.75) is 50.7 Å². The lowest BCUT2D eigenvalue weighted by molar-refractivity contribution is 0.0537. The summed E-state index contributed by atoms with van der Waals surface area (Å²) in [6, 6.07) is 12.6. The van der Waals surface area contributed by atoms with Gasteiger partial charge in [0.1, 0.15) is 0 Å². The predicted octanol–water partition coefficient (Wildman–Crippen LogP) is 3.87. The molecule has 0 bridgehead atoms. The van der Waals surface area contributed by atoms with Crippen molar-refractivity contribution in [1.29, 1.82) is 0 Å². The van der Waals surface area contributed by atoms with Gasteiger partial charge in [-0.25, -0.2) is 0 Å². The molecule has 6 heteroatoms. The second kappa shape index (κ2) is 9.35. The highest BCUT2D eigenvalue weighted by Crippen LogP contribution is 2.47. The number of nitrogens with one attached hydrogen (secondary N) is 2. The van der Waals surface area contributed by atoms with Crippen LogP contribution in [-0.2, 0) is 6.42 Å². The number of hydrogen-bond acceptors (Lipinski definition) is 5. The van der Waals surface area contributed by atoms with Gasteiger partial charge in [0.25, 0.3) is 5.91 Å². The molecule has 0 radical (unpaired) electrons. The number of rotatable bonds is 5. The van der Waals surface area contributed by atoms with Gasteiger partial charge in [0.15, 0.2) is 11.5 Å². The summed E-state index contributed by atoms with van der Waals surface area (Å²) in [5.74, 6) is 2.06. The summed E-state index contributed by atoms with van der Waals surface area (Å²) >= 11 is 0. The molecular formula is C27H35N3O3. The molecule has 0 aromatic heterocycles. The van der Waals surface area contributed by atoms with Crippen LogP contribution >= 0.6 is 0 Å². The van der Waals surface area contributed by atoms with Gasteiger partial charge in [0.2, 0.25) is 0 Å². The largest absolute Gasteiger partial charge is 0.493 e. The molecule has 2 aromatic carbocycles. The fourth-order valence-corrected chi connectivity index (χ4v) is 6.13. The number of ether oxygens (including phenoxy) is 2. The normalized spacial score (nSPS) is 25.2. The number of carbonyl (C=O) groups excluding carboxylic acids is 1. The molecule has 0 unspecified atom stereocenters. The summed E-state index contributed by atoms with van der Waals surface area (Å²) in [6.07, 6.45) is 4.45. The van der Waals surface area contributed by atoms with Crippen LogP contribution in [-0.4, -0.2) is 50.7 Å². The standard InChI is InChI=1S/C27H35N3O3/c1-17(18-8-5-4-6-9-18)29-27(31)21-14-24(32-2)26(33-3)20-11-13-30-16-19-10-7-12-28-22(19)15-23(30)25(20)21/h4-6,8-9,14,17,19,22-23,28H,7,10-13,15-16H2,1-3H3,(H,29,31)/t17-,19+,22+,23+/m1/s1. The van der Waals surface area contributed by atoms with Crippen LogP contribution in [0, 0.1) is 5.92 Å². The lowest BCUT2D eigenvalue weighted by Crippen LogP contribution is -2.55. The second-order valence-corrected chi connectivity index (χ2v) is 9.62. The first-order valence-electron chi connectivity index (χ1n) is 12.2. The van der Waals surface area contributed by atoms with Crippen molar-refractivity contribution in [2.24, 2.45) is 5.92 Å². The maximum absolute atomic E-state index is 13.7. The molecule has 3 aliphatic heterocycles. The summed E-state index contributed by atoms with van der Waals surface area (Å²) in [7, 11) is 3.34. The molecule has 6 nitrogen and oxygen atoms in total. The molecule has 3 heterocycles. The number of hydrogen-bond donors (Lipinski definition) is 2. The third kappa shape index (κ3) is 4.11. The number of nitrogens with zero attached hydrogens (tertiary/aromatic N) is 1. The maximum Gasteiger partial charge on any atom is 0.252 e. The average molecular weight is 450 g/mol. The number of piperidine rings is 2. The van der Waals surface area contributed by atoms with Crippen LogP contribution in [0.1, 0.15) is 65.3 Å². The second-order valence-electron chi connectivity index (χ2n) is 9.62. The van der Waals surface area contributed by atoms with Gasteiger partial charge in [0.05, 0.1) is 20.3 Å². The summed E-state index contributed by atoms with van der Waals surface area (Å²) in [4.78, 5) is 16.3. The van der Waals surface area contributed by atoms with Gasteiger partial charge < -0.3 is 20.1 Å². The Balaban J connectivity index is 1.53. The molecule has 4 atom stereocenters. The monoisotopic (exact) mass is 449 g/mol. The SMILES string of the molecule is COc1cc(C(=O)N[C@H](C)c2ccccc2)c2c(c1OC)CCN1C[C@@H]3CCCN[C@H]3C[C@@H]21. The molecule has 0 spiro atoms. The fourth-order valence-electron chi connectivity index (χ4n) is 6.13. The van der Waals surface area contributed by atoms with Crippen LogP contribution in [0.15, 0.2) is 36.4 Å². The summed E-state index contributed by atoms with van der Waals surface area (Å²) in [5, 5.41) is 6.99. The first-order chi connectivity index (χ1) is 16.1. The zero-order valence-electron chi connectivity index (χ0n) is 19.9. The summed E-state index contributed by atoms with van der Waals surface area (Å²) in [5.41, 5.74) is 4.07. The first-order valence-corrected chi connectivity index (χ1v) is 12.2. The van der Waals surface area contributed by atoms with Gasteiger partial charge in [-0.05, 0) is 62.3 Å². The lowest BCUT2D eigenvalue weighted by Gasteiger charge is -2.49. The van der Waals surface area contributed by atoms with E-state index in [1.807, 2.05) is 43.3 Å². The van der Waals surface area contributed by atoms with E-state index in [2.05, 4.69) is 15.5 Å². The van der Waals surface area contributed by atoms with Crippen molar-refractivity contribution < 1.29 is 14.3 Å². The average Bonchev–Trinajstić information content (AvgIpc) is 2.86. The highest BCUT2D eigenvalue weighted by atomic mass is 16.5. The predicted molar refractivity (Wildman–Crippen MR) is 129 cm³/mol. The third-order valence-corrected chi connectivity index (χ3v) is 7.80. The first kappa shape index (κ1) is 22.2. The van der Waals surface area contributed by atoms with Gasteiger partial charge in [-0.15, -0.1) is 0 Å². The Bertz CT molecular complexity index is 1010. The van der Waals surface area contributed by atoms with Crippen molar-refractivity contribution >= 4 is 5.91 Å². The zero-order valence-corrected chi connectivity index (χ0v) is 19.9. The van der Waals surface area contributed by atoms with Crippen LogP contribution in [0.4, 0.5) is 0 Å². The summed E-state index contributed by atoms with van der Waals surface area (Å²) < 4.78 is 11.5. The summed E-state index contributed by atoms with van der Waals surface area (Å²) in [6.45, 7) is 5.21. The quantitative estimate of drug-likeness (QED) is 0.726. The Morgan fingerprint density at radius 3 is 2.79 bits per heavy atom. The van der Waals surface area contributed by atoms with Crippen molar-refractivity contribution in [1.82, 2.24) is 15.5 Å². The molecule has 2 saturated heterocycles. The van der Waals surface area contributed by atoms with Crippen LogP contribution in [0.3, 0.4) is 0 Å². The molecule has 2 fully saturated rings. The van der Waals surface area contributed by atoms with Crippen molar-refractivity contribution in [3.63, 3.8) is 0 Å². The van der Waals surface area contributed by atoms with Gasteiger partial charge in [-0.2, -0.15) is 0 Å². The molecule has 33 heavy (non-hydrogen) atoms. The molecule has 2 aromatic rings. The highest BCUT2D eigenvalue weighted by molar-refractivity contribution is 5.97. The minimum Gasteiger partial charge on any atom is -0.493 e. The number of methoxy groups -OCH3 is 2. The van der Waals surface area contributed by atoms with E-state index in [4.69, 9.17) is 9.47 Å². The smallest absolute Gasteiger partial charge is 0.252 e. The topological polar surface area (TPSA) is 62.8 Å². The van der Waals surface area contributed by atoms with E-state index in [1.54, 1.807) is 14.2 Å². The Morgan fingerprint density at radius 1 is 1.21 bits per heavy atom. The minimum atomic E-state index is -0.0853. The van der Waals surface area contributed by atoms with Crippen molar-refractivity contribution in [2.75, 3.05) is 33.9 Å². The minimum absolute atomic E-state index is 0.0517. The number of amides is 1. The Hall–Kier alpha value is -2.57. The third-order valence-electron chi connectivity index (χ3n) is 7.80. The Kier molecular flexibility index (Phi) is 6.30. The molecule has 0 saturated carbocycles. The van der Waals surface area contributed by atoms with E-state index < -0.39 is 0 Å². The van der Waals surface area contributed by atoms with Crippen LogP contribution in [0.2, 0.25) is 0 Å². The van der Waals surface area contributed by atoms with E-state index in [0.717, 1.165) is 60.5 Å². The van der Waals surface area contributed by atoms with E-state index in [-0.39, 0.29) is 18.0 Å². The number of fused-ring (bicyclic) bond motifs is 4. The highest BCUT2D eigenvalue weighted by Gasteiger charge is 2.42. The molecule has 2 N–H and O–H groups in total. The van der Waals surface area contributed by atoms with Gasteiger partial charge in [-0.3, -0.25) is 9.69 Å². The zero-order chi connectivity index (χ0) is 22.9. The van der Waals surface area contributed by atoms with Gasteiger partial charge in [0, 0.05) is 36.3 Å². The van der Waals surface area contributed by atoms with Crippen molar-refractivity contribution in [3.05, 3.63) is 58.7 Å². The molecule has 1 amide bonds. The number of carbonyl (C=O) groups is 1. The van der Waals surface area contributed by atoms with Gasteiger partial charge >= 0.3 is 0 Å². The van der Waals surface area contributed by atoms with Crippen LogP contribution < -0.4 is 20.1 Å². The van der Waals surface area contributed by atoms with E-state index in [9.17, 15) is 4.79 Å². The molecule has 5 rings (SSSR count). The maximum atomic E-state index is 13.7. The Labute approximate surface area is 196 Å². The van der Waals surface area contributed by atoms with E-state index in [1.165, 1.54) is 12.8 Å². The van der Waals surface area contributed by atoms with Crippen molar-refractivity contribution in [3.8, 4) is 11.5 Å². The molecule has 0 aliphatic carbocycles. The number of benzene rings is 2. The van der Waals surface area contributed by atoms with Crippen LogP contribution in [0.5, 0.6) is 11.5 Å².